The van der Waals surface area contributed by atoms with Crippen LogP contribution in [0.2, 0.25) is 0 Å². The van der Waals surface area contributed by atoms with E-state index < -0.39 is 16.6 Å². The van der Waals surface area contributed by atoms with E-state index in [0.29, 0.717) is 0 Å². The Morgan fingerprint density at radius 2 is 1.92 bits per heavy atom. The molecule has 4 heteroatoms. The van der Waals surface area contributed by atoms with E-state index in [1.165, 1.54) is 11.1 Å². The highest BCUT2D eigenvalue weighted by molar-refractivity contribution is 5.78. The average molecular weight is 325 g/mol. The first-order valence-electron chi connectivity index (χ1n) is 8.42. The van der Waals surface area contributed by atoms with Gasteiger partial charge in [0.1, 0.15) is 0 Å². The van der Waals surface area contributed by atoms with Gasteiger partial charge in [0.2, 0.25) is 5.43 Å². The molecule has 0 saturated heterocycles. The lowest BCUT2D eigenvalue weighted by atomic mass is 9.82. The van der Waals surface area contributed by atoms with E-state index in [4.69, 9.17) is 0 Å². The van der Waals surface area contributed by atoms with Crippen LogP contribution >= 0.6 is 0 Å². The van der Waals surface area contributed by atoms with Gasteiger partial charge < -0.3 is 10.0 Å². The zero-order chi connectivity index (χ0) is 17.6. The molecule has 0 saturated carbocycles. The molecule has 2 aromatic carbocycles. The molecule has 1 heterocycles. The Hall–Kier alpha value is -2.36. The molecule has 0 spiro atoms. The highest BCUT2D eigenvalue weighted by Crippen LogP contribution is 2.48. The van der Waals surface area contributed by atoms with Gasteiger partial charge in [-0.1, -0.05) is 44.9 Å². The van der Waals surface area contributed by atoms with Crippen molar-refractivity contribution in [3.05, 3.63) is 61.0 Å². The highest BCUT2D eigenvalue weighted by atomic mass is 16.3. The van der Waals surface area contributed by atoms with Crippen LogP contribution in [-0.2, 0) is 5.41 Å². The molecular formula is C20H23NO3. The van der Waals surface area contributed by atoms with Crippen molar-refractivity contribution in [2.75, 3.05) is 11.4 Å². The molecule has 0 aromatic heterocycles. The lowest BCUT2D eigenvalue weighted by molar-refractivity contribution is 0.461. The molecule has 1 aliphatic rings. The number of hydrogen-bond acceptors (Lipinski definition) is 4. The summed E-state index contributed by atoms with van der Waals surface area (Å²) in [6, 6.07) is 6.38. The first-order valence-corrected chi connectivity index (χ1v) is 8.42. The summed E-state index contributed by atoms with van der Waals surface area (Å²) >= 11 is 0. The van der Waals surface area contributed by atoms with E-state index in [1.54, 1.807) is 6.08 Å². The zero-order valence-corrected chi connectivity index (χ0v) is 14.6. The summed E-state index contributed by atoms with van der Waals surface area (Å²) in [6.45, 7) is 9.29. The summed E-state index contributed by atoms with van der Waals surface area (Å²) in [5.41, 5.74) is 2.96. The summed E-state index contributed by atoms with van der Waals surface area (Å²) in [4.78, 5) is 25.3. The van der Waals surface area contributed by atoms with Crippen LogP contribution in [0.25, 0.3) is 6.08 Å². The van der Waals surface area contributed by atoms with Gasteiger partial charge in [-0.3, -0.25) is 9.59 Å². The van der Waals surface area contributed by atoms with Gasteiger partial charge in [-0.2, -0.15) is 0 Å². The number of aromatic hydroxyl groups is 1. The van der Waals surface area contributed by atoms with Crippen molar-refractivity contribution in [2.24, 2.45) is 0 Å². The van der Waals surface area contributed by atoms with E-state index in [-0.39, 0.29) is 11.0 Å². The average Bonchev–Trinajstić information content (AvgIpc) is 2.76. The van der Waals surface area contributed by atoms with Gasteiger partial charge in [0.05, 0.1) is 5.56 Å². The summed E-state index contributed by atoms with van der Waals surface area (Å²) in [7, 11) is 0. The molecule has 4 nitrogen and oxygen atoms in total. The maximum atomic E-state index is 11.8. The second-order valence-electron chi connectivity index (χ2n) is 7.10. The zero-order valence-electron chi connectivity index (χ0n) is 14.6. The Morgan fingerprint density at radius 3 is 2.54 bits per heavy atom. The van der Waals surface area contributed by atoms with Gasteiger partial charge in [-0.15, -0.1) is 0 Å². The normalized spacial score (nSPS) is 17.7. The van der Waals surface area contributed by atoms with Gasteiger partial charge in [0.25, 0.3) is 5.43 Å². The van der Waals surface area contributed by atoms with Crippen molar-refractivity contribution in [3.63, 3.8) is 0 Å². The maximum absolute atomic E-state index is 11.8. The molecule has 3 rings (SSSR count). The summed E-state index contributed by atoms with van der Waals surface area (Å²) < 4.78 is 0. The number of anilines is 1. The third-order valence-electron chi connectivity index (χ3n) is 4.98. The van der Waals surface area contributed by atoms with Crippen LogP contribution in [0.1, 0.15) is 50.3 Å². The molecule has 0 amide bonds. The molecule has 0 aliphatic carbocycles. The quantitative estimate of drug-likeness (QED) is 0.877. The second-order valence-corrected chi connectivity index (χ2v) is 7.10. The molecule has 0 atom stereocenters. The van der Waals surface area contributed by atoms with Crippen LogP contribution in [0.4, 0.5) is 5.69 Å². The summed E-state index contributed by atoms with van der Waals surface area (Å²) in [5, 5.41) is 9.75. The Balaban J connectivity index is 2.16. The van der Waals surface area contributed by atoms with Gasteiger partial charge in [-0.25, -0.2) is 0 Å². The maximum Gasteiger partial charge on any atom is 0.268 e. The van der Waals surface area contributed by atoms with Crippen LogP contribution in [-0.4, -0.2) is 11.7 Å². The van der Waals surface area contributed by atoms with Crippen LogP contribution in [0.15, 0.2) is 33.5 Å². The lowest BCUT2D eigenvalue weighted by Crippen LogP contribution is -2.34. The number of nitrogens with zero attached hydrogens (tertiary/aromatic N) is 1. The topological polar surface area (TPSA) is 57.6 Å². The first kappa shape index (κ1) is 16.5. The number of aryl methyl sites for hydroxylation is 1. The van der Waals surface area contributed by atoms with Crippen molar-refractivity contribution < 1.29 is 5.11 Å². The van der Waals surface area contributed by atoms with Gasteiger partial charge in [0.15, 0.2) is 5.75 Å². The minimum atomic E-state index is -0.786. The van der Waals surface area contributed by atoms with Gasteiger partial charge in [-0.05, 0) is 31.1 Å². The number of hydrogen-bond donors (Lipinski definition) is 1. The number of benzene rings is 1. The lowest BCUT2D eigenvalue weighted by Gasteiger charge is -2.27. The molecule has 1 aliphatic heterocycles. The second kappa shape index (κ2) is 5.62. The molecule has 0 fully saturated rings. The molecule has 24 heavy (non-hydrogen) atoms. The minimum Gasteiger partial charge on any atom is -0.504 e. The predicted octanol–water partition coefficient (Wildman–Crippen LogP) is 3.24. The Morgan fingerprint density at radius 1 is 1.21 bits per heavy atom. The van der Waals surface area contributed by atoms with Gasteiger partial charge >= 0.3 is 0 Å². The fraction of sp³-hybridized carbons (Fsp3) is 0.400. The van der Waals surface area contributed by atoms with Crippen molar-refractivity contribution in [2.45, 2.75) is 46.0 Å². The van der Waals surface area contributed by atoms with E-state index in [1.807, 2.05) is 0 Å². The van der Waals surface area contributed by atoms with Crippen molar-refractivity contribution in [3.8, 4) is 5.75 Å². The minimum absolute atomic E-state index is 0.133. The fourth-order valence-corrected chi connectivity index (χ4v) is 3.47. The van der Waals surface area contributed by atoms with Crippen LogP contribution < -0.4 is 15.8 Å². The van der Waals surface area contributed by atoms with E-state index in [9.17, 15) is 14.7 Å². The number of unbranched alkanes of at least 4 members (excludes halogenated alkanes) is 1. The third kappa shape index (κ3) is 2.29. The monoisotopic (exact) mass is 325 g/mol. The summed E-state index contributed by atoms with van der Waals surface area (Å²) in [6.07, 6.45) is 3.79. The molecule has 2 aromatic rings. The predicted molar refractivity (Wildman–Crippen MR) is 97.5 cm³/mol. The molecule has 126 valence electrons. The number of fused-ring (bicyclic) bond motifs is 1. The number of allylic oxidation sites excluding steroid dienone is 1. The first-order chi connectivity index (χ1) is 11.3. The molecule has 0 bridgehead atoms. The summed E-state index contributed by atoms with van der Waals surface area (Å²) in [5.74, 6) is -0.411. The van der Waals surface area contributed by atoms with E-state index >= 15 is 0 Å². The molecule has 0 radical (unpaired) electrons. The Bertz CT molecular complexity index is 898. The van der Waals surface area contributed by atoms with Crippen LogP contribution in [0.5, 0.6) is 5.75 Å². The standard InChI is InChI=1S/C20H23NO3/c1-5-6-9-21-15-8-7-12(2)10-14(15)20(3,4)16(21)11-13-17(22)19(24)18(13)23/h7-8,10-11,22H,5-6,9H2,1-4H3. The van der Waals surface area contributed by atoms with Crippen molar-refractivity contribution in [1.29, 1.82) is 0 Å². The fourth-order valence-electron chi connectivity index (χ4n) is 3.47. The van der Waals surface area contributed by atoms with Crippen LogP contribution in [0.3, 0.4) is 0 Å². The third-order valence-corrected chi connectivity index (χ3v) is 4.98. The van der Waals surface area contributed by atoms with Crippen molar-refractivity contribution in [1.82, 2.24) is 0 Å². The largest absolute Gasteiger partial charge is 0.504 e. The smallest absolute Gasteiger partial charge is 0.268 e. The van der Waals surface area contributed by atoms with Gasteiger partial charge in [0, 0.05) is 23.3 Å². The van der Waals surface area contributed by atoms with E-state index in [2.05, 4.69) is 50.8 Å². The number of rotatable bonds is 4. The Labute approximate surface area is 141 Å². The molecule has 0 unspecified atom stereocenters. The molecular weight excluding hydrogens is 302 g/mol. The van der Waals surface area contributed by atoms with Crippen LogP contribution in [0, 0.1) is 6.92 Å². The highest BCUT2D eigenvalue weighted by Gasteiger charge is 2.40. The Kier molecular flexibility index (Phi) is 3.86. The molecule has 1 N–H and O–H groups in total. The van der Waals surface area contributed by atoms with E-state index in [0.717, 1.165) is 30.8 Å². The SMILES string of the molecule is CCCCN1C(=Cc2c(O)c(=O)c2=O)C(C)(C)c2cc(C)ccc21. The van der Waals surface area contributed by atoms with Crippen molar-refractivity contribution >= 4 is 11.8 Å².